The van der Waals surface area contributed by atoms with Crippen LogP contribution >= 0.6 is 0 Å². The molecule has 1 atom stereocenters. The highest BCUT2D eigenvalue weighted by Gasteiger charge is 2.10. The quantitative estimate of drug-likeness (QED) is 0.555. The van der Waals surface area contributed by atoms with E-state index in [0.29, 0.717) is 12.8 Å². The molecule has 0 saturated heterocycles. The minimum Gasteiger partial charge on any atom is -0.409 e. The van der Waals surface area contributed by atoms with Crippen LogP contribution in [0.5, 0.6) is 0 Å². The summed E-state index contributed by atoms with van der Waals surface area (Å²) in [5.74, 6) is 0. The average Bonchev–Trinajstić information content (AvgIpc) is 2.05. The van der Waals surface area contributed by atoms with E-state index in [2.05, 4.69) is 34.6 Å². The molecule has 0 radical (unpaired) electrons. The first-order valence-corrected chi connectivity index (χ1v) is 4.69. The van der Waals surface area contributed by atoms with Gasteiger partial charge in [0.1, 0.15) is 0 Å². The highest BCUT2D eigenvalue weighted by Crippen LogP contribution is 2.21. The number of rotatable bonds is 6. The van der Waals surface area contributed by atoms with Crippen LogP contribution in [-0.4, -0.2) is 11.7 Å². The van der Waals surface area contributed by atoms with Crippen molar-refractivity contribution in [3.63, 3.8) is 0 Å². The standard InChI is InChI=1S/C11H21O/c1-6-9-10(4)12-11(5,7-2)8-3/h10H,2-3,5-9H2,1,4H3/q-3. The van der Waals surface area contributed by atoms with E-state index in [-0.39, 0.29) is 11.7 Å². The third-order valence-corrected chi connectivity index (χ3v) is 2.06. The van der Waals surface area contributed by atoms with Gasteiger partial charge in [-0.15, -0.1) is 5.60 Å². The normalized spacial score (nSPS) is 14.8. The molecule has 0 spiro atoms. The van der Waals surface area contributed by atoms with Gasteiger partial charge in [0.2, 0.25) is 0 Å². The first-order chi connectivity index (χ1) is 5.58. The van der Waals surface area contributed by atoms with Crippen molar-refractivity contribution in [3.05, 3.63) is 20.8 Å². The lowest BCUT2D eigenvalue weighted by Crippen LogP contribution is -2.31. The molecule has 0 N–H and O–H groups in total. The monoisotopic (exact) mass is 169 g/mol. The smallest absolute Gasteiger partial charge is 0.0516 e. The maximum absolute atomic E-state index is 5.74. The summed E-state index contributed by atoms with van der Waals surface area (Å²) in [5, 5.41) is 0. The van der Waals surface area contributed by atoms with Crippen molar-refractivity contribution in [3.8, 4) is 0 Å². The summed E-state index contributed by atoms with van der Waals surface area (Å²) in [6.45, 7) is 15.8. The molecule has 0 saturated carbocycles. The molecule has 0 aromatic carbocycles. The number of hydrogen-bond acceptors (Lipinski definition) is 1. The van der Waals surface area contributed by atoms with Gasteiger partial charge in [-0.05, 0) is 13.3 Å². The second-order valence-electron chi connectivity index (χ2n) is 3.40. The van der Waals surface area contributed by atoms with Crippen molar-refractivity contribution < 1.29 is 4.74 Å². The molecule has 0 amide bonds. The largest absolute Gasteiger partial charge is 0.409 e. The Hall–Kier alpha value is -0.0400. The first kappa shape index (κ1) is 12.0. The van der Waals surface area contributed by atoms with Crippen LogP contribution in [0.2, 0.25) is 0 Å². The second-order valence-corrected chi connectivity index (χ2v) is 3.40. The van der Waals surface area contributed by atoms with E-state index in [1.807, 2.05) is 0 Å². The van der Waals surface area contributed by atoms with Gasteiger partial charge in [0.05, 0.1) is 6.10 Å². The molecule has 1 unspecified atom stereocenters. The molecule has 0 aliphatic carbocycles. The molecule has 0 rings (SSSR count). The summed E-state index contributed by atoms with van der Waals surface area (Å²) in [7, 11) is 0. The lowest BCUT2D eigenvalue weighted by molar-refractivity contribution is -0.0578. The highest BCUT2D eigenvalue weighted by molar-refractivity contribution is 4.86. The van der Waals surface area contributed by atoms with Gasteiger partial charge in [-0.3, -0.25) is 0 Å². The molecule has 0 fully saturated rings. The molecule has 0 aliphatic rings. The molecule has 0 bridgehead atoms. The molecule has 0 heterocycles. The van der Waals surface area contributed by atoms with E-state index in [9.17, 15) is 0 Å². The Morgan fingerprint density at radius 3 is 2.17 bits per heavy atom. The van der Waals surface area contributed by atoms with Crippen LogP contribution in [0.3, 0.4) is 0 Å². The zero-order chi connectivity index (χ0) is 9.61. The van der Waals surface area contributed by atoms with Gasteiger partial charge < -0.3 is 25.5 Å². The van der Waals surface area contributed by atoms with Crippen LogP contribution in [0.25, 0.3) is 0 Å². The summed E-state index contributed by atoms with van der Waals surface area (Å²) in [5.41, 5.74) is -0.366. The van der Waals surface area contributed by atoms with Crippen molar-refractivity contribution >= 4 is 0 Å². The topological polar surface area (TPSA) is 9.23 Å². The van der Waals surface area contributed by atoms with Gasteiger partial charge in [-0.2, -0.15) is 12.8 Å². The lowest BCUT2D eigenvalue weighted by atomic mass is 9.99. The fourth-order valence-electron chi connectivity index (χ4n) is 1.14. The molecule has 1 heteroatoms. The predicted octanol–water partition coefficient (Wildman–Crippen LogP) is 3.21. The molecule has 0 aromatic heterocycles. The van der Waals surface area contributed by atoms with E-state index in [4.69, 9.17) is 4.74 Å². The van der Waals surface area contributed by atoms with Crippen LogP contribution < -0.4 is 0 Å². The zero-order valence-electron chi connectivity index (χ0n) is 8.44. The summed E-state index contributed by atoms with van der Waals surface area (Å²) in [6, 6.07) is 0. The molecule has 74 valence electrons. The molecular weight excluding hydrogens is 148 g/mol. The molecular formula is C11H21O-3. The van der Waals surface area contributed by atoms with Gasteiger partial charge in [0, 0.05) is 0 Å². The van der Waals surface area contributed by atoms with E-state index in [1.165, 1.54) is 0 Å². The summed E-state index contributed by atoms with van der Waals surface area (Å²) in [6.07, 6.45) is 3.87. The van der Waals surface area contributed by atoms with E-state index >= 15 is 0 Å². The Morgan fingerprint density at radius 2 is 1.83 bits per heavy atom. The van der Waals surface area contributed by atoms with Crippen LogP contribution in [0.15, 0.2) is 0 Å². The Kier molecular flexibility index (Phi) is 5.56. The minimum atomic E-state index is -0.366. The summed E-state index contributed by atoms with van der Waals surface area (Å²) in [4.78, 5) is 0. The van der Waals surface area contributed by atoms with E-state index in [1.54, 1.807) is 0 Å². The predicted molar refractivity (Wildman–Crippen MR) is 53.5 cm³/mol. The van der Waals surface area contributed by atoms with Crippen molar-refractivity contribution in [1.82, 2.24) is 0 Å². The fourth-order valence-corrected chi connectivity index (χ4v) is 1.14. The Balaban J connectivity index is 3.84. The van der Waals surface area contributed by atoms with Crippen molar-refractivity contribution in [1.29, 1.82) is 0 Å². The molecule has 0 aliphatic heterocycles. The van der Waals surface area contributed by atoms with Crippen LogP contribution in [0.4, 0.5) is 0 Å². The van der Waals surface area contributed by atoms with Crippen molar-refractivity contribution in [2.45, 2.75) is 51.2 Å². The first-order valence-electron chi connectivity index (χ1n) is 4.69. The maximum atomic E-state index is 5.74. The van der Waals surface area contributed by atoms with Gasteiger partial charge >= 0.3 is 0 Å². The summed E-state index contributed by atoms with van der Waals surface area (Å²) < 4.78 is 5.74. The number of ether oxygens (including phenoxy) is 1. The third kappa shape index (κ3) is 4.10. The van der Waals surface area contributed by atoms with Crippen molar-refractivity contribution in [2.24, 2.45) is 0 Å². The van der Waals surface area contributed by atoms with Gasteiger partial charge in [-0.1, -0.05) is 13.3 Å². The highest BCUT2D eigenvalue weighted by atomic mass is 16.5. The second kappa shape index (κ2) is 5.58. The maximum Gasteiger partial charge on any atom is 0.0516 e. The molecule has 1 nitrogen and oxygen atoms in total. The van der Waals surface area contributed by atoms with Crippen LogP contribution in [0.1, 0.15) is 39.5 Å². The zero-order valence-corrected chi connectivity index (χ0v) is 8.44. The summed E-state index contributed by atoms with van der Waals surface area (Å²) >= 11 is 0. The third-order valence-electron chi connectivity index (χ3n) is 2.06. The Morgan fingerprint density at radius 1 is 1.33 bits per heavy atom. The van der Waals surface area contributed by atoms with Crippen LogP contribution in [-0.2, 0) is 4.74 Å². The SMILES string of the molecule is [CH2-]CC([CH2-])(C[CH2-])OC(C)CCC. The van der Waals surface area contributed by atoms with Gasteiger partial charge in [0.15, 0.2) is 0 Å². The van der Waals surface area contributed by atoms with Crippen LogP contribution in [0, 0.1) is 20.8 Å². The molecule has 0 aromatic rings. The van der Waals surface area contributed by atoms with Gasteiger partial charge in [0.25, 0.3) is 0 Å². The Bertz CT molecular complexity index is 106. The lowest BCUT2D eigenvalue weighted by Gasteiger charge is -2.43. The fraction of sp³-hybridized carbons (Fsp3) is 0.727. The minimum absolute atomic E-state index is 0.274. The number of hydrogen-bond donors (Lipinski definition) is 0. The van der Waals surface area contributed by atoms with E-state index < -0.39 is 0 Å². The van der Waals surface area contributed by atoms with E-state index in [0.717, 1.165) is 12.8 Å². The van der Waals surface area contributed by atoms with Crippen molar-refractivity contribution in [2.75, 3.05) is 0 Å². The van der Waals surface area contributed by atoms with Gasteiger partial charge in [-0.25, -0.2) is 0 Å². The average molecular weight is 169 g/mol. The molecule has 12 heavy (non-hydrogen) atoms. The Labute approximate surface area is 77.5 Å².